The Labute approximate surface area is 155 Å². The van der Waals surface area contributed by atoms with Gasteiger partial charge in [-0.25, -0.2) is 4.39 Å². The minimum atomic E-state index is -4.73. The van der Waals surface area contributed by atoms with Crippen LogP contribution in [0.1, 0.15) is 21.8 Å². The van der Waals surface area contributed by atoms with Gasteiger partial charge in [0.1, 0.15) is 5.82 Å². The Kier molecular flexibility index (Phi) is 4.02. The van der Waals surface area contributed by atoms with Crippen LogP contribution in [0.3, 0.4) is 0 Å². The van der Waals surface area contributed by atoms with E-state index in [1.807, 2.05) is 0 Å². The van der Waals surface area contributed by atoms with Crippen LogP contribution < -0.4 is 0 Å². The van der Waals surface area contributed by atoms with E-state index in [1.165, 1.54) is 34.9 Å². The highest BCUT2D eigenvalue weighted by Crippen LogP contribution is 2.31. The molecule has 4 rings (SSSR count). The molecule has 0 bridgehead atoms. The van der Waals surface area contributed by atoms with Gasteiger partial charge < -0.3 is 4.52 Å². The number of aryl methyl sites for hydroxylation is 1. The highest BCUT2D eigenvalue weighted by atomic mass is 19.4. The molecule has 0 saturated heterocycles. The number of halogens is 4. The Morgan fingerprint density at radius 3 is 2.46 bits per heavy atom. The summed E-state index contributed by atoms with van der Waals surface area (Å²) in [6.45, 7) is 1.76. The zero-order valence-corrected chi connectivity index (χ0v) is 14.3. The monoisotopic (exact) mass is 389 g/mol. The van der Waals surface area contributed by atoms with E-state index in [2.05, 4.69) is 14.7 Å². The van der Waals surface area contributed by atoms with E-state index in [9.17, 15) is 22.4 Å². The Bertz CT molecular complexity index is 1190. The average molecular weight is 389 g/mol. The van der Waals surface area contributed by atoms with Crippen LogP contribution in [0.5, 0.6) is 0 Å². The van der Waals surface area contributed by atoms with Gasteiger partial charge in [-0.2, -0.15) is 18.2 Å². The van der Waals surface area contributed by atoms with E-state index >= 15 is 0 Å². The fourth-order valence-corrected chi connectivity index (χ4v) is 2.89. The first-order valence-electron chi connectivity index (χ1n) is 8.07. The standard InChI is InChI=1S/C19H11F4N3O2/c1-10-9-26(17(27)11-2-5-13(20)6-3-11)15-7-4-12(8-14(10)15)16-24-18(28-25-16)19(21,22)23/h2-9H,1H3. The van der Waals surface area contributed by atoms with E-state index in [0.717, 1.165) is 5.56 Å². The quantitative estimate of drug-likeness (QED) is 0.460. The van der Waals surface area contributed by atoms with Crippen molar-refractivity contribution in [3.8, 4) is 11.4 Å². The largest absolute Gasteiger partial charge is 0.471 e. The van der Waals surface area contributed by atoms with Crippen LogP contribution in [0.2, 0.25) is 0 Å². The number of hydrogen-bond acceptors (Lipinski definition) is 4. The maximum atomic E-state index is 13.1. The maximum Gasteiger partial charge on any atom is 0.471 e. The van der Waals surface area contributed by atoms with E-state index in [0.29, 0.717) is 22.0 Å². The molecular weight excluding hydrogens is 378 g/mol. The lowest BCUT2D eigenvalue weighted by atomic mass is 10.1. The third kappa shape index (κ3) is 3.04. The Hall–Kier alpha value is -3.49. The zero-order chi connectivity index (χ0) is 20.1. The fourth-order valence-electron chi connectivity index (χ4n) is 2.89. The van der Waals surface area contributed by atoms with Gasteiger partial charge in [0.2, 0.25) is 5.82 Å². The first kappa shape index (κ1) is 17.9. The second-order valence-electron chi connectivity index (χ2n) is 6.15. The number of hydrogen-bond donors (Lipinski definition) is 0. The van der Waals surface area contributed by atoms with Crippen molar-refractivity contribution in [1.29, 1.82) is 0 Å². The molecule has 0 aliphatic rings. The molecule has 2 aromatic carbocycles. The molecule has 2 heterocycles. The molecule has 0 spiro atoms. The summed E-state index contributed by atoms with van der Waals surface area (Å²) in [5.41, 5.74) is 1.90. The summed E-state index contributed by atoms with van der Waals surface area (Å²) < 4.78 is 56.7. The number of nitrogens with zero attached hydrogens (tertiary/aromatic N) is 3. The molecule has 0 atom stereocenters. The van der Waals surface area contributed by atoms with Crippen molar-refractivity contribution in [1.82, 2.24) is 14.7 Å². The number of rotatable bonds is 2. The molecule has 4 aromatic rings. The fraction of sp³-hybridized carbons (Fsp3) is 0.105. The summed E-state index contributed by atoms with van der Waals surface area (Å²) in [6.07, 6.45) is -3.12. The van der Waals surface area contributed by atoms with Crippen LogP contribution in [-0.2, 0) is 6.18 Å². The number of carbonyl (C=O) groups excluding carboxylic acids is 1. The Morgan fingerprint density at radius 2 is 1.82 bits per heavy atom. The van der Waals surface area contributed by atoms with E-state index in [-0.39, 0.29) is 11.7 Å². The van der Waals surface area contributed by atoms with Crippen molar-refractivity contribution in [2.24, 2.45) is 0 Å². The van der Waals surface area contributed by atoms with Gasteiger partial charge in [0, 0.05) is 22.7 Å². The van der Waals surface area contributed by atoms with Gasteiger partial charge in [-0.05, 0) is 55.0 Å². The molecule has 142 valence electrons. The third-order valence-corrected chi connectivity index (χ3v) is 4.24. The summed E-state index contributed by atoms with van der Waals surface area (Å²) in [6, 6.07) is 9.82. The molecule has 9 heteroatoms. The summed E-state index contributed by atoms with van der Waals surface area (Å²) in [5.74, 6) is -2.44. The molecule has 2 aromatic heterocycles. The molecule has 28 heavy (non-hydrogen) atoms. The van der Waals surface area contributed by atoms with Crippen LogP contribution >= 0.6 is 0 Å². The van der Waals surface area contributed by atoms with Crippen molar-refractivity contribution in [3.05, 3.63) is 71.5 Å². The van der Waals surface area contributed by atoms with Gasteiger partial charge >= 0.3 is 12.1 Å². The van der Waals surface area contributed by atoms with E-state index < -0.39 is 17.9 Å². The smallest absolute Gasteiger partial charge is 0.329 e. The number of benzene rings is 2. The van der Waals surface area contributed by atoms with Crippen molar-refractivity contribution < 1.29 is 26.9 Å². The van der Waals surface area contributed by atoms with Crippen molar-refractivity contribution in [3.63, 3.8) is 0 Å². The summed E-state index contributed by atoms with van der Waals surface area (Å²) in [5, 5.41) is 4.02. The number of aromatic nitrogens is 3. The van der Waals surface area contributed by atoms with Crippen molar-refractivity contribution >= 4 is 16.8 Å². The molecule has 0 amide bonds. The third-order valence-electron chi connectivity index (χ3n) is 4.24. The van der Waals surface area contributed by atoms with Crippen LogP contribution in [-0.4, -0.2) is 20.6 Å². The van der Waals surface area contributed by atoms with Crippen LogP contribution in [0.25, 0.3) is 22.3 Å². The topological polar surface area (TPSA) is 60.9 Å². The normalized spacial score (nSPS) is 11.9. The van der Waals surface area contributed by atoms with E-state index in [4.69, 9.17) is 0 Å². The lowest BCUT2D eigenvalue weighted by molar-refractivity contribution is -0.159. The van der Waals surface area contributed by atoms with Crippen LogP contribution in [0.4, 0.5) is 17.6 Å². The number of carbonyl (C=O) groups is 1. The summed E-state index contributed by atoms with van der Waals surface area (Å²) >= 11 is 0. The van der Waals surface area contributed by atoms with Crippen LogP contribution in [0.15, 0.2) is 53.2 Å². The average Bonchev–Trinajstić information content (AvgIpc) is 3.27. The van der Waals surface area contributed by atoms with E-state index in [1.54, 1.807) is 25.3 Å². The van der Waals surface area contributed by atoms with Crippen LogP contribution in [0, 0.1) is 12.7 Å². The van der Waals surface area contributed by atoms with Gasteiger partial charge in [0.05, 0.1) is 5.52 Å². The lowest BCUT2D eigenvalue weighted by Gasteiger charge is -2.05. The highest BCUT2D eigenvalue weighted by molar-refractivity contribution is 6.03. The molecule has 0 saturated carbocycles. The zero-order valence-electron chi connectivity index (χ0n) is 14.3. The molecule has 0 N–H and O–H groups in total. The lowest BCUT2D eigenvalue weighted by Crippen LogP contribution is -2.10. The maximum absolute atomic E-state index is 13.1. The van der Waals surface area contributed by atoms with Crippen molar-refractivity contribution in [2.45, 2.75) is 13.1 Å². The minimum absolute atomic E-state index is 0.203. The first-order chi connectivity index (χ1) is 13.2. The predicted molar refractivity (Wildman–Crippen MR) is 91.1 cm³/mol. The van der Waals surface area contributed by atoms with Crippen molar-refractivity contribution in [2.75, 3.05) is 0 Å². The SMILES string of the molecule is Cc1cn(C(=O)c2ccc(F)cc2)c2ccc(-c3noc(C(F)(F)F)n3)cc12. The predicted octanol–water partition coefficient (Wildman–Crippen LogP) is 4.85. The molecule has 0 fully saturated rings. The van der Waals surface area contributed by atoms with Gasteiger partial charge in [-0.3, -0.25) is 9.36 Å². The minimum Gasteiger partial charge on any atom is -0.329 e. The molecule has 0 aliphatic heterocycles. The molecular formula is C19H11F4N3O2. The highest BCUT2D eigenvalue weighted by Gasteiger charge is 2.38. The van der Waals surface area contributed by atoms with Gasteiger partial charge in [-0.1, -0.05) is 5.16 Å². The number of fused-ring (bicyclic) bond motifs is 1. The molecule has 0 unspecified atom stereocenters. The second-order valence-corrected chi connectivity index (χ2v) is 6.15. The Balaban J connectivity index is 1.76. The summed E-state index contributed by atoms with van der Waals surface area (Å²) in [4.78, 5) is 16.1. The van der Waals surface area contributed by atoms with Gasteiger partial charge in [0.15, 0.2) is 0 Å². The Morgan fingerprint density at radius 1 is 1.11 bits per heavy atom. The van der Waals surface area contributed by atoms with Gasteiger partial charge in [-0.15, -0.1) is 0 Å². The molecule has 0 aliphatic carbocycles. The first-order valence-corrected chi connectivity index (χ1v) is 8.07. The molecule has 5 nitrogen and oxygen atoms in total. The number of alkyl halides is 3. The second kappa shape index (κ2) is 6.29. The summed E-state index contributed by atoms with van der Waals surface area (Å²) in [7, 11) is 0. The molecule has 0 radical (unpaired) electrons. The van der Waals surface area contributed by atoms with Gasteiger partial charge in [0.25, 0.3) is 5.91 Å².